The highest BCUT2D eigenvalue weighted by Gasteiger charge is 2.07. The highest BCUT2D eigenvalue weighted by atomic mass is 16.5. The van der Waals surface area contributed by atoms with Gasteiger partial charge in [-0.15, -0.1) is 5.10 Å². The Bertz CT molecular complexity index is 1570. The van der Waals surface area contributed by atoms with Gasteiger partial charge in [0.05, 0.1) is 12.7 Å². The first-order chi connectivity index (χ1) is 16.0. The molecule has 33 heavy (non-hydrogen) atoms. The molecule has 3 aromatic heterocycles. The summed E-state index contributed by atoms with van der Waals surface area (Å²) in [5, 5.41) is 9.88. The molecular weight excluding hydrogens is 426 g/mol. The molecule has 3 heterocycles. The fourth-order valence-electron chi connectivity index (χ4n) is 3.45. The van der Waals surface area contributed by atoms with E-state index in [-0.39, 0.29) is 6.61 Å². The van der Waals surface area contributed by atoms with Gasteiger partial charge in [-0.1, -0.05) is 5.21 Å². The minimum atomic E-state index is -0.402. The van der Waals surface area contributed by atoms with Gasteiger partial charge in [-0.3, -0.25) is 0 Å². The number of fused-ring (bicyclic) bond motifs is 2. The van der Waals surface area contributed by atoms with E-state index in [2.05, 4.69) is 10.3 Å². The van der Waals surface area contributed by atoms with E-state index in [1.807, 2.05) is 31.2 Å². The van der Waals surface area contributed by atoms with Crippen molar-refractivity contribution >= 4 is 21.9 Å². The molecule has 5 aromatic rings. The van der Waals surface area contributed by atoms with Crippen LogP contribution in [0.4, 0.5) is 0 Å². The zero-order chi connectivity index (χ0) is 22.8. The fraction of sp³-hybridized carbons (Fsp3) is 0.167. The van der Waals surface area contributed by atoms with Gasteiger partial charge in [-0.25, -0.2) is 14.3 Å². The summed E-state index contributed by atoms with van der Waals surface area (Å²) in [5.41, 5.74) is 1.66. The Morgan fingerprint density at radius 3 is 2.55 bits per heavy atom. The molecule has 9 nitrogen and oxygen atoms in total. The topological polar surface area (TPSA) is 110 Å². The Labute approximate surface area is 186 Å². The Morgan fingerprint density at radius 2 is 1.64 bits per heavy atom. The van der Waals surface area contributed by atoms with Gasteiger partial charge in [-0.2, -0.15) is 0 Å². The van der Waals surface area contributed by atoms with Crippen LogP contribution in [-0.2, 0) is 13.2 Å². The number of aryl methyl sites for hydroxylation is 1. The van der Waals surface area contributed by atoms with Crippen molar-refractivity contribution in [3.8, 4) is 11.5 Å². The summed E-state index contributed by atoms with van der Waals surface area (Å²) in [6.45, 7) is 2.91. The van der Waals surface area contributed by atoms with Gasteiger partial charge in [0.25, 0.3) is 0 Å². The predicted molar refractivity (Wildman–Crippen MR) is 120 cm³/mol. The van der Waals surface area contributed by atoms with Crippen LogP contribution in [0.3, 0.4) is 0 Å². The zero-order valence-corrected chi connectivity index (χ0v) is 17.7. The number of nitrogens with zero attached hydrogens (tertiary/aromatic N) is 3. The molecule has 0 radical (unpaired) electrons. The van der Waals surface area contributed by atoms with Crippen molar-refractivity contribution in [2.24, 2.45) is 0 Å². The highest BCUT2D eigenvalue weighted by Crippen LogP contribution is 2.23. The summed E-state index contributed by atoms with van der Waals surface area (Å²) < 4.78 is 23.6. The summed E-state index contributed by atoms with van der Waals surface area (Å²) in [5.74, 6) is 1.16. The van der Waals surface area contributed by atoms with E-state index in [1.54, 1.807) is 29.1 Å². The Balaban J connectivity index is 1.17. The van der Waals surface area contributed by atoms with Gasteiger partial charge >= 0.3 is 11.3 Å². The van der Waals surface area contributed by atoms with Crippen LogP contribution in [0.1, 0.15) is 11.3 Å². The van der Waals surface area contributed by atoms with E-state index in [4.69, 9.17) is 18.3 Å². The maximum Gasteiger partial charge on any atom is 0.336 e. The molecule has 0 amide bonds. The average molecular weight is 445 g/mol. The summed E-state index contributed by atoms with van der Waals surface area (Å²) in [6.07, 6.45) is 1.77. The van der Waals surface area contributed by atoms with Gasteiger partial charge in [0, 0.05) is 35.0 Å². The Kier molecular flexibility index (Phi) is 5.35. The monoisotopic (exact) mass is 445 g/mol. The lowest BCUT2D eigenvalue weighted by Gasteiger charge is -2.07. The van der Waals surface area contributed by atoms with Crippen LogP contribution in [-0.4, -0.2) is 21.6 Å². The van der Waals surface area contributed by atoms with Crippen LogP contribution in [0.15, 0.2) is 79.2 Å². The molecule has 166 valence electrons. The van der Waals surface area contributed by atoms with Gasteiger partial charge in [0.2, 0.25) is 0 Å². The molecule has 0 saturated heterocycles. The van der Waals surface area contributed by atoms with Crippen molar-refractivity contribution in [1.82, 2.24) is 15.0 Å². The largest absolute Gasteiger partial charge is 0.492 e. The Morgan fingerprint density at radius 1 is 0.879 bits per heavy atom. The van der Waals surface area contributed by atoms with E-state index in [0.717, 1.165) is 16.3 Å². The zero-order valence-electron chi connectivity index (χ0n) is 17.7. The van der Waals surface area contributed by atoms with E-state index in [0.29, 0.717) is 41.5 Å². The van der Waals surface area contributed by atoms with Gasteiger partial charge in [0.15, 0.2) is 0 Å². The molecule has 0 aliphatic carbocycles. The first kappa shape index (κ1) is 20.5. The van der Waals surface area contributed by atoms with Gasteiger partial charge in [-0.05, 0) is 42.8 Å². The molecule has 0 atom stereocenters. The van der Waals surface area contributed by atoms with Crippen LogP contribution in [0.25, 0.3) is 21.9 Å². The fourth-order valence-corrected chi connectivity index (χ4v) is 3.45. The summed E-state index contributed by atoms with van der Waals surface area (Å²) in [4.78, 5) is 23.0. The standard InChI is InChI=1S/C24H19N3O6/c1-15-10-24(29)33-22-12-19(5-6-20(15)22)31-14-17-13-27(26-25-17)8-9-30-18-4-2-16-3-7-23(28)32-21(16)11-18/h2-7,10-13H,8-9,14H2,1H3. The van der Waals surface area contributed by atoms with Crippen molar-refractivity contribution in [2.45, 2.75) is 20.1 Å². The maximum absolute atomic E-state index is 11.6. The first-order valence-corrected chi connectivity index (χ1v) is 10.3. The molecule has 0 fully saturated rings. The molecule has 0 bridgehead atoms. The number of ether oxygens (including phenoxy) is 2. The minimum absolute atomic E-state index is 0.214. The quantitative estimate of drug-likeness (QED) is 0.350. The van der Waals surface area contributed by atoms with Crippen molar-refractivity contribution < 1.29 is 18.3 Å². The van der Waals surface area contributed by atoms with Gasteiger partial charge in [0.1, 0.15) is 41.6 Å². The molecule has 5 rings (SSSR count). The predicted octanol–water partition coefficient (Wildman–Crippen LogP) is 3.46. The molecule has 0 saturated carbocycles. The third-order valence-electron chi connectivity index (χ3n) is 5.08. The summed E-state index contributed by atoms with van der Waals surface area (Å²) in [6, 6.07) is 15.2. The van der Waals surface area contributed by atoms with Crippen molar-refractivity contribution in [3.05, 3.63) is 92.9 Å². The van der Waals surface area contributed by atoms with Crippen LogP contribution in [0, 0.1) is 6.92 Å². The molecular formula is C24H19N3O6. The first-order valence-electron chi connectivity index (χ1n) is 10.3. The van der Waals surface area contributed by atoms with Crippen LogP contribution < -0.4 is 20.7 Å². The average Bonchev–Trinajstić information content (AvgIpc) is 3.25. The number of benzene rings is 2. The maximum atomic E-state index is 11.6. The van der Waals surface area contributed by atoms with Crippen molar-refractivity contribution in [3.63, 3.8) is 0 Å². The normalized spacial score (nSPS) is 11.2. The van der Waals surface area contributed by atoms with Crippen molar-refractivity contribution in [2.75, 3.05) is 6.61 Å². The second-order valence-electron chi connectivity index (χ2n) is 7.47. The molecule has 0 aliphatic rings. The molecule has 0 aliphatic heterocycles. The SMILES string of the molecule is Cc1cc(=O)oc2cc(OCc3cn(CCOc4ccc5ccc(=O)oc5c4)nn3)ccc12. The molecule has 0 unspecified atom stereocenters. The summed E-state index contributed by atoms with van der Waals surface area (Å²) >= 11 is 0. The number of hydrogen-bond donors (Lipinski definition) is 0. The van der Waals surface area contributed by atoms with Crippen LogP contribution in [0.2, 0.25) is 0 Å². The lowest BCUT2D eigenvalue weighted by molar-refractivity contribution is 0.289. The van der Waals surface area contributed by atoms with E-state index < -0.39 is 11.3 Å². The van der Waals surface area contributed by atoms with E-state index in [9.17, 15) is 9.59 Å². The van der Waals surface area contributed by atoms with Gasteiger partial charge < -0.3 is 18.3 Å². The van der Waals surface area contributed by atoms with Crippen molar-refractivity contribution in [1.29, 1.82) is 0 Å². The third-order valence-corrected chi connectivity index (χ3v) is 5.08. The smallest absolute Gasteiger partial charge is 0.336 e. The second-order valence-corrected chi connectivity index (χ2v) is 7.47. The van der Waals surface area contributed by atoms with E-state index >= 15 is 0 Å². The molecule has 2 aromatic carbocycles. The molecule has 0 N–H and O–H groups in total. The van der Waals surface area contributed by atoms with Crippen LogP contribution >= 0.6 is 0 Å². The number of hydrogen-bond acceptors (Lipinski definition) is 8. The number of rotatable bonds is 7. The lowest BCUT2D eigenvalue weighted by Crippen LogP contribution is -2.08. The summed E-state index contributed by atoms with van der Waals surface area (Å²) in [7, 11) is 0. The third kappa shape index (κ3) is 4.62. The minimum Gasteiger partial charge on any atom is -0.492 e. The Hall–Kier alpha value is -4.40. The molecule has 9 heteroatoms. The second kappa shape index (κ2) is 8.62. The lowest BCUT2D eigenvalue weighted by atomic mass is 10.1. The van der Waals surface area contributed by atoms with Crippen LogP contribution in [0.5, 0.6) is 11.5 Å². The molecule has 0 spiro atoms. The van der Waals surface area contributed by atoms with E-state index in [1.165, 1.54) is 12.1 Å². The highest BCUT2D eigenvalue weighted by molar-refractivity contribution is 5.81. The number of aromatic nitrogens is 3.